The molecule has 0 bridgehead atoms. The summed E-state index contributed by atoms with van der Waals surface area (Å²) < 4.78 is 4.27. The van der Waals surface area contributed by atoms with Gasteiger partial charge in [0.25, 0.3) is 0 Å². The summed E-state index contributed by atoms with van der Waals surface area (Å²) in [6.07, 6.45) is 8.39. The van der Waals surface area contributed by atoms with E-state index in [2.05, 4.69) is 100.0 Å². The average molecular weight is 655 g/mol. The van der Waals surface area contributed by atoms with E-state index in [1.54, 1.807) is 0 Å². The molecule has 6 aromatic rings. The van der Waals surface area contributed by atoms with Crippen molar-refractivity contribution in [3.05, 3.63) is 112 Å². The molecular formula is C35H44ClN11. The van der Waals surface area contributed by atoms with Crippen LogP contribution in [0.25, 0.3) is 32.5 Å². The number of halogens is 1. The summed E-state index contributed by atoms with van der Waals surface area (Å²) in [4.78, 5) is 20.2. The fourth-order valence-corrected chi connectivity index (χ4v) is 5.27. The van der Waals surface area contributed by atoms with Crippen LogP contribution in [-0.4, -0.2) is 42.2 Å². The van der Waals surface area contributed by atoms with E-state index < -0.39 is 0 Å². The fourth-order valence-electron chi connectivity index (χ4n) is 5.09. The van der Waals surface area contributed by atoms with Crippen molar-refractivity contribution in [3.8, 4) is 0 Å². The van der Waals surface area contributed by atoms with Crippen molar-refractivity contribution in [3.63, 3.8) is 0 Å². The lowest BCUT2D eigenvalue weighted by molar-refractivity contribution is 0.819. The highest BCUT2D eigenvalue weighted by molar-refractivity contribution is 6.28. The number of hydrogen-bond donors (Lipinski definition) is 2. The zero-order chi connectivity index (χ0) is 32.1. The number of nitrogens with one attached hydrogen (secondary N) is 2. The highest BCUT2D eigenvalue weighted by Crippen LogP contribution is 2.26. The maximum atomic E-state index is 8.65. The molecule has 0 aliphatic rings. The van der Waals surface area contributed by atoms with Gasteiger partial charge in [0.1, 0.15) is 11.0 Å². The molecule has 2 aromatic carbocycles. The Morgan fingerprint density at radius 3 is 1.70 bits per heavy atom. The topological polar surface area (TPSA) is 134 Å². The smallest absolute Gasteiger partial charge is 0.225 e. The molecule has 0 radical (unpaired) electrons. The predicted octanol–water partition coefficient (Wildman–Crippen LogP) is 9.86. The van der Waals surface area contributed by atoms with E-state index in [9.17, 15) is 0 Å². The standard InChI is InChI=1S/C17H19ClN4.C17H19N7.CH4.H2/c1-2-3-10-19-16-15-14(20-17(18)21-16)9-11-22(15)12-13-7-5-4-6-8-13;1-2-3-10-19-16-15-14(20-17(21-16)22-23-18)9-11-24(15)12-13-7-5-4-6-8-13;;/h4-9,11H,2-3,10,12H2,1H3,(H,19,20,21);4-9,11H,2-3,10,12H2,1H3,(H,19,20,21);1H4;1H/i;;;1+1. The molecule has 2 N–H and O–H groups in total. The molecule has 47 heavy (non-hydrogen) atoms. The Kier molecular flexibility index (Phi) is 13.0. The molecule has 4 aromatic heterocycles. The van der Waals surface area contributed by atoms with Gasteiger partial charge in [0.05, 0.1) is 11.0 Å². The summed E-state index contributed by atoms with van der Waals surface area (Å²) in [5.41, 5.74) is 14.7. The normalized spacial score (nSPS) is 10.5. The number of nitrogens with zero attached hydrogens (tertiary/aromatic N) is 9. The molecular weight excluding hydrogens is 610 g/mol. The maximum Gasteiger partial charge on any atom is 0.225 e. The van der Waals surface area contributed by atoms with Crippen molar-refractivity contribution in [2.75, 3.05) is 23.7 Å². The summed E-state index contributed by atoms with van der Waals surface area (Å²) in [6, 6.07) is 24.5. The van der Waals surface area contributed by atoms with Crippen molar-refractivity contribution < 1.29 is 1.43 Å². The quantitative estimate of drug-likeness (QED) is 0.0418. The van der Waals surface area contributed by atoms with Gasteiger partial charge in [0.2, 0.25) is 11.2 Å². The number of hydrogen-bond acceptors (Lipinski definition) is 7. The Labute approximate surface area is 282 Å². The van der Waals surface area contributed by atoms with Crippen LogP contribution < -0.4 is 10.6 Å². The summed E-state index contributed by atoms with van der Waals surface area (Å²) >= 11 is 6.03. The van der Waals surface area contributed by atoms with E-state index in [-0.39, 0.29) is 20.1 Å². The first-order valence-corrected chi connectivity index (χ1v) is 16.0. The molecule has 12 heteroatoms. The number of aromatic nitrogens is 6. The predicted molar refractivity (Wildman–Crippen MR) is 196 cm³/mol. The van der Waals surface area contributed by atoms with Gasteiger partial charge in [0.15, 0.2) is 11.6 Å². The van der Waals surface area contributed by atoms with Crippen LogP contribution in [0.5, 0.6) is 0 Å². The van der Waals surface area contributed by atoms with Crippen LogP contribution in [-0.2, 0) is 13.1 Å². The molecule has 0 unspecified atom stereocenters. The molecule has 0 aliphatic carbocycles. The second-order valence-corrected chi connectivity index (χ2v) is 11.1. The average Bonchev–Trinajstić information content (AvgIpc) is 3.66. The molecule has 0 fully saturated rings. The Morgan fingerprint density at radius 1 is 0.723 bits per heavy atom. The summed E-state index contributed by atoms with van der Waals surface area (Å²) in [5, 5.41) is 10.6. The number of azide groups is 1. The van der Waals surface area contributed by atoms with E-state index in [0.717, 1.165) is 79.7 Å². The van der Waals surface area contributed by atoms with Gasteiger partial charge in [0, 0.05) is 44.9 Å². The molecule has 0 saturated heterocycles. The lowest BCUT2D eigenvalue weighted by Crippen LogP contribution is -2.07. The molecule has 4 heterocycles. The van der Waals surface area contributed by atoms with E-state index in [1.165, 1.54) is 11.1 Å². The van der Waals surface area contributed by atoms with Crippen LogP contribution in [0.2, 0.25) is 5.28 Å². The van der Waals surface area contributed by atoms with E-state index in [0.29, 0.717) is 5.82 Å². The van der Waals surface area contributed by atoms with E-state index in [4.69, 9.17) is 17.1 Å². The van der Waals surface area contributed by atoms with Gasteiger partial charge >= 0.3 is 0 Å². The van der Waals surface area contributed by atoms with E-state index >= 15 is 0 Å². The first-order chi connectivity index (χ1) is 22.6. The zero-order valence-corrected chi connectivity index (χ0v) is 26.9. The minimum Gasteiger partial charge on any atom is -0.368 e. The lowest BCUT2D eigenvalue weighted by atomic mass is 10.2. The number of anilines is 2. The Bertz CT molecular complexity index is 1900. The van der Waals surface area contributed by atoms with Crippen LogP contribution >= 0.6 is 11.6 Å². The molecule has 0 spiro atoms. The second-order valence-electron chi connectivity index (χ2n) is 10.8. The summed E-state index contributed by atoms with van der Waals surface area (Å²) in [6.45, 7) is 7.53. The molecule has 0 aliphatic heterocycles. The van der Waals surface area contributed by atoms with Gasteiger partial charge in [-0.2, -0.15) is 4.98 Å². The Morgan fingerprint density at radius 2 is 1.21 bits per heavy atom. The van der Waals surface area contributed by atoms with Crippen molar-refractivity contribution >= 4 is 51.3 Å². The first-order valence-electron chi connectivity index (χ1n) is 15.6. The first kappa shape index (κ1) is 34.7. The largest absolute Gasteiger partial charge is 0.368 e. The highest BCUT2D eigenvalue weighted by atomic mass is 35.5. The highest BCUT2D eigenvalue weighted by Gasteiger charge is 2.13. The van der Waals surface area contributed by atoms with Crippen molar-refractivity contribution in [2.45, 2.75) is 60.0 Å². The van der Waals surface area contributed by atoms with Crippen LogP contribution in [0.4, 0.5) is 17.6 Å². The number of fused-ring (bicyclic) bond motifs is 2. The third-order valence-corrected chi connectivity index (χ3v) is 7.52. The maximum absolute atomic E-state index is 8.65. The van der Waals surface area contributed by atoms with Gasteiger partial charge in [-0.1, -0.05) is 94.8 Å². The number of unbranched alkanes of at least 4 members (excludes halogenated alkanes) is 2. The van der Waals surface area contributed by atoms with Crippen LogP contribution in [0.1, 0.15) is 59.5 Å². The van der Waals surface area contributed by atoms with Crippen molar-refractivity contribution in [1.29, 1.82) is 0 Å². The minimum absolute atomic E-state index is 0. The Balaban J connectivity index is 0.000000251. The molecule has 11 nitrogen and oxygen atoms in total. The van der Waals surface area contributed by atoms with Gasteiger partial charge in [-0.15, -0.1) is 0 Å². The number of benzene rings is 2. The number of rotatable bonds is 13. The zero-order valence-electron chi connectivity index (χ0n) is 26.1. The van der Waals surface area contributed by atoms with Crippen LogP contribution in [0.3, 0.4) is 0 Å². The van der Waals surface area contributed by atoms with Crippen LogP contribution in [0.15, 0.2) is 90.3 Å². The van der Waals surface area contributed by atoms with Gasteiger partial charge in [-0.05, 0) is 58.3 Å². The molecule has 0 atom stereocenters. The van der Waals surface area contributed by atoms with Crippen molar-refractivity contribution in [1.82, 2.24) is 29.1 Å². The van der Waals surface area contributed by atoms with Gasteiger partial charge < -0.3 is 19.8 Å². The molecule has 0 amide bonds. The Hall–Kier alpha value is -5.12. The molecule has 0 saturated carbocycles. The fraction of sp³-hybridized carbons (Fsp3) is 0.314. The third kappa shape index (κ3) is 9.22. The van der Waals surface area contributed by atoms with Gasteiger partial charge in [-0.25, -0.2) is 15.0 Å². The lowest BCUT2D eigenvalue weighted by Gasteiger charge is -2.11. The minimum atomic E-state index is 0. The third-order valence-electron chi connectivity index (χ3n) is 7.35. The molecule has 246 valence electrons. The summed E-state index contributed by atoms with van der Waals surface area (Å²) in [5.74, 6) is 1.66. The van der Waals surface area contributed by atoms with E-state index in [1.807, 2.05) is 48.8 Å². The van der Waals surface area contributed by atoms with Gasteiger partial charge in [-0.3, -0.25) is 0 Å². The SMILES string of the molecule is C.CCCCNc1nc(Cl)nc2ccn(Cc3ccccc3)c12.CCCCNc1nc(N=[N+]=[N-])nc2ccn(Cc3ccccc3)c12.[2HH]. The van der Waals surface area contributed by atoms with Crippen LogP contribution in [0, 0.1) is 0 Å². The monoisotopic (exact) mass is 654 g/mol. The molecule has 6 rings (SSSR count). The van der Waals surface area contributed by atoms with Crippen molar-refractivity contribution in [2.24, 2.45) is 5.11 Å². The summed E-state index contributed by atoms with van der Waals surface area (Å²) in [7, 11) is 0. The second kappa shape index (κ2) is 17.5.